The number of esters is 1. The zero-order valence-electron chi connectivity index (χ0n) is 19.4. The van der Waals surface area contributed by atoms with E-state index in [9.17, 15) is 22.4 Å². The molecule has 1 N–H and O–H groups in total. The number of halogens is 1. The lowest BCUT2D eigenvalue weighted by atomic mass is 10.0. The summed E-state index contributed by atoms with van der Waals surface area (Å²) in [4.78, 5) is 24.8. The topological polar surface area (TPSA) is 102 Å². The van der Waals surface area contributed by atoms with E-state index in [0.29, 0.717) is 37.2 Å². The van der Waals surface area contributed by atoms with Crippen LogP contribution in [0.4, 0.5) is 4.39 Å². The van der Waals surface area contributed by atoms with Gasteiger partial charge in [0.2, 0.25) is 10.0 Å². The highest BCUT2D eigenvalue weighted by atomic mass is 32.2. The molecule has 2 aromatic carbocycles. The highest BCUT2D eigenvalue weighted by molar-refractivity contribution is 7.89. The van der Waals surface area contributed by atoms with Crippen molar-refractivity contribution >= 4 is 21.9 Å². The van der Waals surface area contributed by atoms with Crippen molar-refractivity contribution in [3.05, 3.63) is 59.4 Å². The van der Waals surface area contributed by atoms with Crippen LogP contribution in [0.3, 0.4) is 0 Å². The maximum atomic E-state index is 14.5. The van der Waals surface area contributed by atoms with E-state index < -0.39 is 38.7 Å². The summed E-state index contributed by atoms with van der Waals surface area (Å²) in [5.74, 6) is -1.46. The zero-order valence-corrected chi connectivity index (χ0v) is 20.2. The molecule has 0 bridgehead atoms. The van der Waals surface area contributed by atoms with E-state index in [1.165, 1.54) is 17.5 Å². The van der Waals surface area contributed by atoms with Crippen molar-refractivity contribution < 1.29 is 31.9 Å². The van der Waals surface area contributed by atoms with Crippen LogP contribution in [0.25, 0.3) is 0 Å². The normalized spacial score (nSPS) is 15.2. The van der Waals surface area contributed by atoms with E-state index in [1.54, 1.807) is 38.1 Å². The Labute approximate surface area is 199 Å². The van der Waals surface area contributed by atoms with Crippen LogP contribution >= 0.6 is 0 Å². The molecule has 1 unspecified atom stereocenters. The lowest BCUT2D eigenvalue weighted by Gasteiger charge is -2.20. The third-order valence-corrected chi connectivity index (χ3v) is 7.35. The van der Waals surface area contributed by atoms with Gasteiger partial charge in [0, 0.05) is 18.7 Å². The van der Waals surface area contributed by atoms with E-state index in [-0.39, 0.29) is 18.1 Å². The Balaban J connectivity index is 1.87. The van der Waals surface area contributed by atoms with Crippen molar-refractivity contribution in [2.45, 2.75) is 50.2 Å². The Kier molecular flexibility index (Phi) is 8.27. The molecule has 1 amide bonds. The molecule has 0 aliphatic carbocycles. The van der Waals surface area contributed by atoms with Crippen LogP contribution in [-0.4, -0.2) is 50.9 Å². The first kappa shape index (κ1) is 25.6. The smallest absolute Gasteiger partial charge is 0.308 e. The van der Waals surface area contributed by atoms with Gasteiger partial charge in [0.1, 0.15) is 16.5 Å². The molecule has 34 heavy (non-hydrogen) atoms. The Hall–Kier alpha value is -2.98. The summed E-state index contributed by atoms with van der Waals surface area (Å²) < 4.78 is 51.8. The van der Waals surface area contributed by atoms with Crippen LogP contribution in [-0.2, 0) is 19.6 Å². The molecule has 1 aliphatic rings. The van der Waals surface area contributed by atoms with Gasteiger partial charge in [0.15, 0.2) is 0 Å². The molecule has 0 radical (unpaired) electrons. The molecule has 0 saturated carbocycles. The summed E-state index contributed by atoms with van der Waals surface area (Å²) in [5, 5.41) is 2.75. The Morgan fingerprint density at radius 1 is 1.09 bits per heavy atom. The first-order valence-corrected chi connectivity index (χ1v) is 12.5. The second-order valence-electron chi connectivity index (χ2n) is 8.30. The lowest BCUT2D eigenvalue weighted by Crippen LogP contribution is -2.32. The number of sulfonamides is 1. The number of carbonyl (C=O) groups excluding carboxylic acids is 2. The highest BCUT2D eigenvalue weighted by Crippen LogP contribution is 2.26. The number of carbonyl (C=O) groups is 2. The highest BCUT2D eigenvalue weighted by Gasteiger charge is 2.31. The van der Waals surface area contributed by atoms with E-state index in [4.69, 9.17) is 9.47 Å². The van der Waals surface area contributed by atoms with Gasteiger partial charge in [-0.3, -0.25) is 9.59 Å². The summed E-state index contributed by atoms with van der Waals surface area (Å²) in [5.41, 5.74) is 0.594. The zero-order chi connectivity index (χ0) is 24.9. The molecular weight excluding hydrogens is 463 g/mol. The fourth-order valence-electron chi connectivity index (χ4n) is 3.72. The van der Waals surface area contributed by atoms with E-state index >= 15 is 0 Å². The third kappa shape index (κ3) is 6.12. The third-order valence-electron chi connectivity index (χ3n) is 5.44. The SMILES string of the molecule is COc1ccc(C(CC(=O)OC(C)C)NC(=O)c2ccc(F)c(S(=O)(=O)N3CCCC3)c2)cc1. The Bertz CT molecular complexity index is 1130. The molecule has 0 aromatic heterocycles. The average molecular weight is 493 g/mol. The van der Waals surface area contributed by atoms with Crippen LogP contribution in [0.5, 0.6) is 5.75 Å². The summed E-state index contributed by atoms with van der Waals surface area (Å²) in [6.07, 6.45) is 0.944. The fourth-order valence-corrected chi connectivity index (χ4v) is 5.32. The van der Waals surface area contributed by atoms with Crippen LogP contribution in [0.15, 0.2) is 47.4 Å². The summed E-state index contributed by atoms with van der Waals surface area (Å²) >= 11 is 0. The maximum absolute atomic E-state index is 14.5. The van der Waals surface area contributed by atoms with E-state index in [2.05, 4.69) is 5.32 Å². The number of benzene rings is 2. The number of methoxy groups -OCH3 is 1. The molecule has 8 nitrogen and oxygen atoms in total. The van der Waals surface area contributed by atoms with Crippen molar-refractivity contribution in [3.8, 4) is 5.75 Å². The van der Waals surface area contributed by atoms with Gasteiger partial charge >= 0.3 is 5.97 Å². The number of ether oxygens (including phenoxy) is 2. The quantitative estimate of drug-likeness (QED) is 0.538. The molecule has 0 spiro atoms. The molecular formula is C24H29FN2O6S. The minimum absolute atomic E-state index is 0.0325. The van der Waals surface area contributed by atoms with Crippen LogP contribution in [0, 0.1) is 5.82 Å². The Morgan fingerprint density at radius 2 is 1.74 bits per heavy atom. The number of rotatable bonds is 9. The summed E-state index contributed by atoms with van der Waals surface area (Å²) in [6.45, 7) is 4.07. The fraction of sp³-hybridized carbons (Fsp3) is 0.417. The monoisotopic (exact) mass is 492 g/mol. The van der Waals surface area contributed by atoms with E-state index in [0.717, 1.165) is 12.1 Å². The molecule has 1 saturated heterocycles. The van der Waals surface area contributed by atoms with Gasteiger partial charge in [-0.1, -0.05) is 12.1 Å². The molecule has 2 aromatic rings. The van der Waals surface area contributed by atoms with Crippen molar-refractivity contribution in [1.82, 2.24) is 9.62 Å². The van der Waals surface area contributed by atoms with Gasteiger partial charge in [0.05, 0.1) is 25.7 Å². The molecule has 3 rings (SSSR count). The number of hydrogen-bond donors (Lipinski definition) is 1. The number of nitrogens with zero attached hydrogens (tertiary/aromatic N) is 1. The van der Waals surface area contributed by atoms with Crippen molar-refractivity contribution in [2.75, 3.05) is 20.2 Å². The van der Waals surface area contributed by atoms with Gasteiger partial charge in [-0.2, -0.15) is 4.31 Å². The minimum Gasteiger partial charge on any atom is -0.497 e. The van der Waals surface area contributed by atoms with Crippen molar-refractivity contribution in [3.63, 3.8) is 0 Å². The largest absolute Gasteiger partial charge is 0.497 e. The first-order valence-electron chi connectivity index (χ1n) is 11.1. The minimum atomic E-state index is -4.06. The molecule has 10 heteroatoms. The standard InChI is InChI=1S/C24H29FN2O6S/c1-16(2)33-23(28)15-21(17-6-9-19(32-3)10-7-17)26-24(29)18-8-11-20(25)22(14-18)34(30,31)27-12-4-5-13-27/h6-11,14,16,21H,4-5,12-13,15H2,1-3H3,(H,26,29). The van der Waals surface area contributed by atoms with Gasteiger partial charge in [-0.25, -0.2) is 12.8 Å². The molecule has 1 heterocycles. The molecule has 1 aliphatic heterocycles. The second kappa shape index (κ2) is 11.0. The van der Waals surface area contributed by atoms with E-state index in [1.807, 2.05) is 0 Å². The van der Waals surface area contributed by atoms with Crippen molar-refractivity contribution in [2.24, 2.45) is 0 Å². The van der Waals surface area contributed by atoms with Crippen LogP contribution in [0.1, 0.15) is 55.1 Å². The first-order chi connectivity index (χ1) is 16.1. The predicted molar refractivity (Wildman–Crippen MR) is 123 cm³/mol. The predicted octanol–water partition coefficient (Wildman–Crippen LogP) is 3.43. The van der Waals surface area contributed by atoms with Crippen LogP contribution < -0.4 is 10.1 Å². The van der Waals surface area contributed by atoms with Gasteiger partial charge in [-0.05, 0) is 62.6 Å². The molecule has 1 fully saturated rings. The number of hydrogen-bond acceptors (Lipinski definition) is 6. The number of amides is 1. The van der Waals surface area contributed by atoms with Crippen LogP contribution in [0.2, 0.25) is 0 Å². The second-order valence-corrected chi connectivity index (χ2v) is 10.2. The number of nitrogens with one attached hydrogen (secondary N) is 1. The lowest BCUT2D eigenvalue weighted by molar-refractivity contribution is -0.147. The maximum Gasteiger partial charge on any atom is 0.308 e. The van der Waals surface area contributed by atoms with Gasteiger partial charge < -0.3 is 14.8 Å². The molecule has 184 valence electrons. The summed E-state index contributed by atoms with van der Waals surface area (Å²) in [6, 6.07) is 9.27. The summed E-state index contributed by atoms with van der Waals surface area (Å²) in [7, 11) is -2.53. The van der Waals surface area contributed by atoms with Gasteiger partial charge in [0.25, 0.3) is 5.91 Å². The Morgan fingerprint density at radius 3 is 2.32 bits per heavy atom. The van der Waals surface area contributed by atoms with Gasteiger partial charge in [-0.15, -0.1) is 0 Å². The molecule has 1 atom stereocenters. The van der Waals surface area contributed by atoms with Crippen molar-refractivity contribution in [1.29, 1.82) is 0 Å². The average Bonchev–Trinajstić information content (AvgIpc) is 3.34.